The number of piperidine rings is 1. The summed E-state index contributed by atoms with van der Waals surface area (Å²) in [5, 5.41) is 8.86. The maximum absolute atomic E-state index is 14.5. The Kier molecular flexibility index (Phi) is 7.43. The SMILES string of the molecule is C[C@@H]1CN(c2nnc3cnc4ccc(-c5cc(Cl)c(N6CCC(N(C)C)CC6)c(C(F)(F)F)c5)nc4n23)C[C@H](C)N1C. The van der Waals surface area contributed by atoms with Gasteiger partial charge in [-0.2, -0.15) is 13.2 Å². The summed E-state index contributed by atoms with van der Waals surface area (Å²) in [6.45, 7) is 6.84. The predicted molar refractivity (Wildman–Crippen MR) is 159 cm³/mol. The molecule has 0 aliphatic carbocycles. The molecular formula is C29H35ClF3N9. The number of fused-ring (bicyclic) bond motifs is 3. The summed E-state index contributed by atoms with van der Waals surface area (Å²) in [6.07, 6.45) is -1.42. The topological polar surface area (TPSA) is 68.9 Å². The fourth-order valence-corrected chi connectivity index (χ4v) is 6.57. The molecule has 0 bridgehead atoms. The number of alkyl halides is 3. The number of piperazine rings is 1. The molecule has 0 spiro atoms. The molecule has 9 nitrogen and oxygen atoms in total. The number of anilines is 2. The van der Waals surface area contributed by atoms with Crippen LogP contribution in [0.2, 0.25) is 5.02 Å². The standard InChI is InChI=1S/C29H35ClF3N9/c1-17-15-41(16-18(2)39(17)5)28-37-36-25-14-34-24-7-6-23(35-27(24)42(25)28)19-12-21(29(31,32)33)26(22(30)13-19)40-10-8-20(9-11-40)38(3)4/h6-7,12-14,17-18,20H,8-11,15-16H2,1-5H3/t17-,18+. The summed E-state index contributed by atoms with van der Waals surface area (Å²) in [4.78, 5) is 17.7. The first-order valence-corrected chi connectivity index (χ1v) is 14.6. The maximum atomic E-state index is 14.5. The van der Waals surface area contributed by atoms with Crippen molar-refractivity contribution in [2.24, 2.45) is 0 Å². The van der Waals surface area contributed by atoms with Crippen molar-refractivity contribution in [2.45, 2.75) is 51.0 Å². The predicted octanol–water partition coefficient (Wildman–Crippen LogP) is 5.07. The summed E-state index contributed by atoms with van der Waals surface area (Å²) < 4.78 is 45.3. The largest absolute Gasteiger partial charge is 0.418 e. The van der Waals surface area contributed by atoms with Crippen molar-refractivity contribution in [3.63, 3.8) is 0 Å². The molecule has 0 amide bonds. The Bertz CT molecular complexity index is 1600. The van der Waals surface area contributed by atoms with Crippen molar-refractivity contribution >= 4 is 40.0 Å². The fraction of sp³-hybridized carbons (Fsp3) is 0.517. The van der Waals surface area contributed by atoms with Gasteiger partial charge >= 0.3 is 6.18 Å². The van der Waals surface area contributed by atoms with Crippen molar-refractivity contribution in [1.82, 2.24) is 34.4 Å². The molecule has 2 aliphatic rings. The number of rotatable bonds is 4. The van der Waals surface area contributed by atoms with Crippen LogP contribution in [0.1, 0.15) is 32.3 Å². The number of pyridine rings is 1. The first-order valence-electron chi connectivity index (χ1n) is 14.2. The van der Waals surface area contributed by atoms with E-state index in [9.17, 15) is 13.2 Å². The Morgan fingerprint density at radius 1 is 0.976 bits per heavy atom. The zero-order valence-corrected chi connectivity index (χ0v) is 25.2. The second-order valence-corrected chi connectivity index (χ2v) is 12.2. The molecular weight excluding hydrogens is 567 g/mol. The second kappa shape index (κ2) is 10.8. The third kappa shape index (κ3) is 5.13. The lowest BCUT2D eigenvalue weighted by molar-refractivity contribution is -0.137. The van der Waals surface area contributed by atoms with E-state index in [2.05, 4.69) is 50.8 Å². The third-order valence-corrected chi connectivity index (χ3v) is 9.16. The number of halogens is 4. The molecule has 0 N–H and O–H groups in total. The number of benzene rings is 1. The monoisotopic (exact) mass is 601 g/mol. The molecule has 2 aliphatic heterocycles. The van der Waals surface area contributed by atoms with Crippen molar-refractivity contribution in [3.05, 3.63) is 41.0 Å². The minimum Gasteiger partial charge on any atom is -0.370 e. The van der Waals surface area contributed by atoms with Crippen LogP contribution in [-0.2, 0) is 6.18 Å². The van der Waals surface area contributed by atoms with Gasteiger partial charge in [-0.25, -0.2) is 14.4 Å². The van der Waals surface area contributed by atoms with E-state index < -0.39 is 11.7 Å². The summed E-state index contributed by atoms with van der Waals surface area (Å²) >= 11 is 6.66. The van der Waals surface area contributed by atoms with E-state index in [0.29, 0.717) is 59.7 Å². The summed E-state index contributed by atoms with van der Waals surface area (Å²) in [7, 11) is 6.11. The number of likely N-dealkylation sites (N-methyl/N-ethyl adjacent to an activating group) is 1. The first-order chi connectivity index (χ1) is 19.9. The number of nitrogens with zero attached hydrogens (tertiary/aromatic N) is 9. The quantitative estimate of drug-likeness (QED) is 0.321. The van der Waals surface area contributed by atoms with Crippen molar-refractivity contribution < 1.29 is 13.2 Å². The molecule has 5 heterocycles. The summed E-state index contributed by atoms with van der Waals surface area (Å²) in [5.41, 5.74) is 1.52. The zero-order valence-electron chi connectivity index (χ0n) is 24.4. The van der Waals surface area contributed by atoms with Crippen LogP contribution in [0.25, 0.3) is 28.1 Å². The van der Waals surface area contributed by atoms with Gasteiger partial charge in [-0.05, 0) is 72.1 Å². The Morgan fingerprint density at radius 3 is 2.31 bits per heavy atom. The van der Waals surface area contributed by atoms with Crippen molar-refractivity contribution in [3.8, 4) is 11.3 Å². The molecule has 1 aromatic carbocycles. The third-order valence-electron chi connectivity index (χ3n) is 8.87. The van der Waals surface area contributed by atoms with Crippen LogP contribution in [0, 0.1) is 0 Å². The lowest BCUT2D eigenvalue weighted by atomic mass is 9.99. The van der Waals surface area contributed by atoms with E-state index in [1.807, 2.05) is 18.5 Å². The van der Waals surface area contributed by atoms with Crippen LogP contribution in [0.4, 0.5) is 24.8 Å². The fourth-order valence-electron chi connectivity index (χ4n) is 6.23. The molecule has 2 fully saturated rings. The summed E-state index contributed by atoms with van der Waals surface area (Å²) in [5.74, 6) is 0.638. The molecule has 0 saturated carbocycles. The molecule has 2 saturated heterocycles. The summed E-state index contributed by atoms with van der Waals surface area (Å²) in [6, 6.07) is 7.12. The number of hydrogen-bond acceptors (Lipinski definition) is 8. The van der Waals surface area contributed by atoms with Gasteiger partial charge in [0.2, 0.25) is 5.95 Å². The van der Waals surface area contributed by atoms with Gasteiger partial charge in [0.1, 0.15) is 5.52 Å². The van der Waals surface area contributed by atoms with E-state index in [1.165, 1.54) is 0 Å². The molecule has 3 aromatic heterocycles. The average Bonchev–Trinajstić information content (AvgIpc) is 3.39. The Labute approximate surface area is 247 Å². The van der Waals surface area contributed by atoms with Gasteiger partial charge in [0, 0.05) is 49.9 Å². The van der Waals surface area contributed by atoms with Gasteiger partial charge < -0.3 is 14.7 Å². The number of aromatic nitrogens is 5. The van der Waals surface area contributed by atoms with Crippen LogP contribution in [-0.4, -0.2) is 99.8 Å². The highest BCUT2D eigenvalue weighted by atomic mass is 35.5. The zero-order chi connectivity index (χ0) is 29.9. The van der Waals surface area contributed by atoms with Crippen LogP contribution in [0.5, 0.6) is 0 Å². The second-order valence-electron chi connectivity index (χ2n) is 11.8. The molecule has 13 heteroatoms. The Balaban J connectivity index is 1.43. The van der Waals surface area contributed by atoms with Gasteiger partial charge in [-0.1, -0.05) is 11.6 Å². The minimum atomic E-state index is -4.59. The lowest BCUT2D eigenvalue weighted by Gasteiger charge is -2.42. The van der Waals surface area contributed by atoms with Gasteiger partial charge in [0.25, 0.3) is 0 Å². The van der Waals surface area contributed by atoms with E-state index >= 15 is 0 Å². The van der Waals surface area contributed by atoms with E-state index in [-0.39, 0.29) is 16.3 Å². The maximum Gasteiger partial charge on any atom is 0.418 e. The molecule has 6 rings (SSSR count). The van der Waals surface area contributed by atoms with Crippen LogP contribution >= 0.6 is 11.6 Å². The smallest absolute Gasteiger partial charge is 0.370 e. The van der Waals surface area contributed by atoms with Crippen LogP contribution < -0.4 is 9.80 Å². The van der Waals surface area contributed by atoms with Crippen LogP contribution in [0.3, 0.4) is 0 Å². The van der Waals surface area contributed by atoms with Crippen molar-refractivity contribution in [1.29, 1.82) is 0 Å². The Hall–Kier alpha value is -3.22. The lowest BCUT2D eigenvalue weighted by Crippen LogP contribution is -2.55. The van der Waals surface area contributed by atoms with Crippen LogP contribution in [0.15, 0.2) is 30.5 Å². The highest BCUT2D eigenvalue weighted by molar-refractivity contribution is 6.33. The van der Waals surface area contributed by atoms with Gasteiger partial charge in [-0.15, -0.1) is 10.2 Å². The van der Waals surface area contributed by atoms with Gasteiger partial charge in [-0.3, -0.25) is 4.90 Å². The molecule has 0 radical (unpaired) electrons. The van der Waals surface area contributed by atoms with E-state index in [0.717, 1.165) is 32.0 Å². The first kappa shape index (κ1) is 28.9. The van der Waals surface area contributed by atoms with Gasteiger partial charge in [0.05, 0.1) is 28.2 Å². The molecule has 4 aromatic rings. The van der Waals surface area contributed by atoms with E-state index in [1.54, 1.807) is 29.3 Å². The average molecular weight is 602 g/mol. The molecule has 224 valence electrons. The highest BCUT2D eigenvalue weighted by Crippen LogP contribution is 2.44. The highest BCUT2D eigenvalue weighted by Gasteiger charge is 2.38. The molecule has 2 atom stereocenters. The minimum absolute atomic E-state index is 0.0365. The van der Waals surface area contributed by atoms with E-state index in [4.69, 9.17) is 16.6 Å². The molecule has 0 unspecified atom stereocenters. The normalized spacial score (nSPS) is 21.3. The molecule has 42 heavy (non-hydrogen) atoms. The Morgan fingerprint density at radius 2 is 1.67 bits per heavy atom. The van der Waals surface area contributed by atoms with Gasteiger partial charge in [0.15, 0.2) is 11.3 Å². The van der Waals surface area contributed by atoms with Crippen molar-refractivity contribution in [2.75, 3.05) is 57.1 Å². The number of hydrogen-bond donors (Lipinski definition) is 0.